The maximum atomic E-state index is 12.7. The molecule has 0 aliphatic carbocycles. The number of hydrogen-bond acceptors (Lipinski definition) is 4. The van der Waals surface area contributed by atoms with E-state index < -0.39 is 11.7 Å². The molecule has 2 N–H and O–H groups in total. The molecule has 96 valence electrons. The lowest BCUT2D eigenvalue weighted by atomic mass is 10.2. The second-order valence-electron chi connectivity index (χ2n) is 3.57. The minimum absolute atomic E-state index is 0.0845. The quantitative estimate of drug-likeness (QED) is 0.872. The molecule has 2 rings (SSSR count). The van der Waals surface area contributed by atoms with Gasteiger partial charge in [0.05, 0.1) is 16.1 Å². The number of halogens is 3. The summed E-state index contributed by atoms with van der Waals surface area (Å²) < 4.78 is 38.2. The van der Waals surface area contributed by atoms with Gasteiger partial charge in [-0.2, -0.15) is 18.2 Å². The van der Waals surface area contributed by atoms with Gasteiger partial charge in [-0.05, 0) is 19.1 Å². The number of aryl methyl sites for hydroxylation is 1. The van der Waals surface area contributed by atoms with Crippen LogP contribution in [0.25, 0.3) is 0 Å². The summed E-state index contributed by atoms with van der Waals surface area (Å²) >= 11 is 1.09. The van der Waals surface area contributed by atoms with Gasteiger partial charge in [0.15, 0.2) is 5.13 Å². The van der Waals surface area contributed by atoms with Gasteiger partial charge in [0.1, 0.15) is 0 Å². The van der Waals surface area contributed by atoms with Crippen LogP contribution >= 0.6 is 11.3 Å². The van der Waals surface area contributed by atoms with Gasteiger partial charge in [0.25, 0.3) is 0 Å². The van der Waals surface area contributed by atoms with E-state index in [1.165, 1.54) is 18.2 Å². The van der Waals surface area contributed by atoms with E-state index in [2.05, 4.69) is 10.3 Å². The first kappa shape index (κ1) is 12.7. The van der Waals surface area contributed by atoms with Crippen molar-refractivity contribution in [3.63, 3.8) is 0 Å². The van der Waals surface area contributed by atoms with E-state index in [1.807, 2.05) is 0 Å². The highest BCUT2D eigenvalue weighted by Gasteiger charge is 2.33. The summed E-state index contributed by atoms with van der Waals surface area (Å²) in [5, 5.41) is 12.1. The van der Waals surface area contributed by atoms with Crippen LogP contribution in [-0.2, 0) is 6.18 Å². The van der Waals surface area contributed by atoms with Crippen molar-refractivity contribution in [2.24, 2.45) is 0 Å². The molecule has 0 saturated heterocycles. The van der Waals surface area contributed by atoms with E-state index in [-0.39, 0.29) is 16.7 Å². The zero-order chi connectivity index (χ0) is 13.3. The Kier molecular flexibility index (Phi) is 3.16. The monoisotopic (exact) mass is 274 g/mol. The summed E-state index contributed by atoms with van der Waals surface area (Å²) in [6, 6.07) is 5.12. The number of benzene rings is 1. The lowest BCUT2D eigenvalue weighted by Gasteiger charge is -2.12. The van der Waals surface area contributed by atoms with Crippen LogP contribution in [0.1, 0.15) is 10.4 Å². The van der Waals surface area contributed by atoms with Gasteiger partial charge in [-0.25, -0.2) is 0 Å². The lowest BCUT2D eigenvalue weighted by Crippen LogP contribution is -2.08. The van der Waals surface area contributed by atoms with Crippen LogP contribution in [0.5, 0.6) is 5.88 Å². The number of aromatic nitrogens is 1. The largest absolute Gasteiger partial charge is 0.492 e. The van der Waals surface area contributed by atoms with Crippen molar-refractivity contribution in [2.45, 2.75) is 13.1 Å². The highest BCUT2D eigenvalue weighted by atomic mass is 32.1. The molecule has 2 aromatic rings. The summed E-state index contributed by atoms with van der Waals surface area (Å²) in [5.41, 5.74) is -0.851. The Morgan fingerprint density at radius 2 is 1.94 bits per heavy atom. The number of anilines is 2. The average Bonchev–Trinajstić information content (AvgIpc) is 2.57. The predicted octanol–water partition coefficient (Wildman–Crippen LogP) is 3.92. The number of thiazole rings is 1. The molecule has 0 atom stereocenters. The fraction of sp³-hybridized carbons (Fsp3) is 0.182. The molecule has 1 heterocycles. The van der Waals surface area contributed by atoms with Crippen molar-refractivity contribution in [3.05, 3.63) is 34.7 Å². The lowest BCUT2D eigenvalue weighted by molar-refractivity contribution is -0.136. The molecule has 3 nitrogen and oxygen atoms in total. The van der Waals surface area contributed by atoms with Crippen molar-refractivity contribution in [1.29, 1.82) is 0 Å². The topological polar surface area (TPSA) is 45.2 Å². The molecule has 0 saturated carbocycles. The van der Waals surface area contributed by atoms with Gasteiger partial charge < -0.3 is 10.4 Å². The molecule has 0 amide bonds. The SMILES string of the molecule is Cc1sc(Nc2ccccc2C(F)(F)F)nc1O. The molecule has 1 aromatic carbocycles. The van der Waals surface area contributed by atoms with Crippen molar-refractivity contribution in [1.82, 2.24) is 4.98 Å². The fourth-order valence-corrected chi connectivity index (χ4v) is 2.12. The highest BCUT2D eigenvalue weighted by molar-refractivity contribution is 7.15. The molecule has 0 fully saturated rings. The third kappa shape index (κ3) is 2.56. The summed E-state index contributed by atoms with van der Waals surface area (Å²) in [5.74, 6) is -0.174. The first-order chi connectivity index (χ1) is 8.38. The van der Waals surface area contributed by atoms with Crippen molar-refractivity contribution >= 4 is 22.2 Å². The van der Waals surface area contributed by atoms with Crippen LogP contribution in [0.3, 0.4) is 0 Å². The normalized spacial score (nSPS) is 11.6. The maximum Gasteiger partial charge on any atom is 0.418 e. The molecule has 1 aromatic heterocycles. The molecular formula is C11H9F3N2OS. The molecule has 0 bridgehead atoms. The van der Waals surface area contributed by atoms with Gasteiger partial charge in [0.2, 0.25) is 5.88 Å². The van der Waals surface area contributed by atoms with Gasteiger partial charge in [-0.15, -0.1) is 0 Å². The van der Waals surface area contributed by atoms with E-state index in [9.17, 15) is 18.3 Å². The van der Waals surface area contributed by atoms with Crippen LogP contribution in [-0.4, -0.2) is 10.1 Å². The molecule has 0 unspecified atom stereocenters. The van der Waals surface area contributed by atoms with Crippen molar-refractivity contribution in [2.75, 3.05) is 5.32 Å². The third-order valence-electron chi connectivity index (χ3n) is 2.25. The summed E-state index contributed by atoms with van der Waals surface area (Å²) in [7, 11) is 0. The van der Waals surface area contributed by atoms with Crippen LogP contribution in [0.15, 0.2) is 24.3 Å². The maximum absolute atomic E-state index is 12.7. The number of nitrogens with one attached hydrogen (secondary N) is 1. The van der Waals surface area contributed by atoms with Crippen LogP contribution < -0.4 is 5.32 Å². The van der Waals surface area contributed by atoms with E-state index in [0.29, 0.717) is 4.88 Å². The third-order valence-corrected chi connectivity index (χ3v) is 3.12. The van der Waals surface area contributed by atoms with Crippen LogP contribution in [0.2, 0.25) is 0 Å². The van der Waals surface area contributed by atoms with Gasteiger partial charge >= 0.3 is 6.18 Å². The number of aromatic hydroxyl groups is 1. The van der Waals surface area contributed by atoms with E-state index in [0.717, 1.165) is 17.4 Å². The fourth-order valence-electron chi connectivity index (χ4n) is 1.40. The Morgan fingerprint density at radius 1 is 1.28 bits per heavy atom. The average molecular weight is 274 g/mol. The number of alkyl halides is 3. The van der Waals surface area contributed by atoms with E-state index in [4.69, 9.17) is 0 Å². The number of hydrogen-bond donors (Lipinski definition) is 2. The van der Waals surface area contributed by atoms with E-state index in [1.54, 1.807) is 6.92 Å². The smallest absolute Gasteiger partial charge is 0.418 e. The Morgan fingerprint density at radius 3 is 2.50 bits per heavy atom. The Hall–Kier alpha value is -1.76. The first-order valence-corrected chi connectivity index (χ1v) is 5.79. The molecule has 7 heteroatoms. The Labute approximate surface area is 105 Å². The molecule has 0 aliphatic heterocycles. The summed E-state index contributed by atoms with van der Waals surface area (Å²) in [4.78, 5) is 4.27. The first-order valence-electron chi connectivity index (χ1n) is 4.97. The number of nitrogens with zero attached hydrogens (tertiary/aromatic N) is 1. The summed E-state index contributed by atoms with van der Waals surface area (Å²) in [6.45, 7) is 1.63. The number of para-hydroxylation sites is 1. The molecule has 18 heavy (non-hydrogen) atoms. The number of rotatable bonds is 2. The van der Waals surface area contributed by atoms with Crippen molar-refractivity contribution < 1.29 is 18.3 Å². The molecule has 0 radical (unpaired) electrons. The van der Waals surface area contributed by atoms with Gasteiger partial charge in [-0.1, -0.05) is 23.5 Å². The minimum Gasteiger partial charge on any atom is -0.492 e. The van der Waals surface area contributed by atoms with Crippen molar-refractivity contribution in [3.8, 4) is 5.88 Å². The summed E-state index contributed by atoms with van der Waals surface area (Å²) in [6.07, 6.45) is -4.43. The second-order valence-corrected chi connectivity index (χ2v) is 4.77. The van der Waals surface area contributed by atoms with Crippen LogP contribution in [0.4, 0.5) is 24.0 Å². The zero-order valence-corrected chi connectivity index (χ0v) is 10.1. The predicted molar refractivity (Wildman–Crippen MR) is 63.2 cm³/mol. The highest BCUT2D eigenvalue weighted by Crippen LogP contribution is 2.37. The van der Waals surface area contributed by atoms with Gasteiger partial charge in [0, 0.05) is 0 Å². The molecule has 0 aliphatic rings. The Balaban J connectivity index is 2.35. The second kappa shape index (κ2) is 4.49. The van der Waals surface area contributed by atoms with Gasteiger partial charge in [-0.3, -0.25) is 0 Å². The van der Waals surface area contributed by atoms with Crippen LogP contribution in [0, 0.1) is 6.92 Å². The Bertz CT molecular complexity index is 546. The van der Waals surface area contributed by atoms with E-state index >= 15 is 0 Å². The molecule has 0 spiro atoms. The standard InChI is InChI=1S/C11H9F3N2OS/c1-6-9(17)16-10(18-6)15-8-5-3-2-4-7(8)11(12,13)14/h2-5,17H,1H3,(H,15,16). The zero-order valence-electron chi connectivity index (χ0n) is 9.25. The minimum atomic E-state index is -4.43. The molecular weight excluding hydrogens is 265 g/mol.